The van der Waals surface area contributed by atoms with Gasteiger partial charge in [0, 0.05) is 25.8 Å². The highest BCUT2D eigenvalue weighted by Crippen LogP contribution is 2.13. The fourth-order valence-corrected chi connectivity index (χ4v) is 4.87. The van der Waals surface area contributed by atoms with Crippen molar-refractivity contribution in [3.63, 3.8) is 0 Å². The Labute approximate surface area is 204 Å². The summed E-state index contributed by atoms with van der Waals surface area (Å²) in [4.78, 5) is 23.2. The van der Waals surface area contributed by atoms with Gasteiger partial charge in [0.25, 0.3) is 0 Å². The number of aryl methyl sites for hydroxylation is 1. The SMILES string of the molecule is CCNC(=O)CCCS(=O)(=O)NC(=O)CCCCCCCCCCCCCCCc1nnn[nH]1. The molecule has 34 heavy (non-hydrogen) atoms. The highest BCUT2D eigenvalue weighted by molar-refractivity contribution is 7.90. The van der Waals surface area contributed by atoms with Crippen molar-refractivity contribution >= 4 is 21.8 Å². The number of nitrogens with one attached hydrogen (secondary N) is 3. The van der Waals surface area contributed by atoms with E-state index in [1.807, 2.05) is 6.92 Å². The number of carbonyl (C=O) groups excluding carboxylic acids is 2. The first-order chi connectivity index (χ1) is 16.4. The van der Waals surface area contributed by atoms with Crippen LogP contribution in [0.5, 0.6) is 0 Å². The lowest BCUT2D eigenvalue weighted by Gasteiger charge is -2.07. The van der Waals surface area contributed by atoms with Crippen molar-refractivity contribution in [3.05, 3.63) is 5.82 Å². The van der Waals surface area contributed by atoms with Crippen LogP contribution in [0.15, 0.2) is 0 Å². The van der Waals surface area contributed by atoms with Crippen LogP contribution < -0.4 is 10.0 Å². The molecular formula is C23H44N6O4S. The van der Waals surface area contributed by atoms with E-state index in [2.05, 4.69) is 30.7 Å². The van der Waals surface area contributed by atoms with Crippen molar-refractivity contribution in [2.75, 3.05) is 12.3 Å². The molecule has 1 rings (SSSR count). The van der Waals surface area contributed by atoms with Gasteiger partial charge in [-0.2, -0.15) is 0 Å². The number of rotatable bonds is 22. The predicted molar refractivity (Wildman–Crippen MR) is 132 cm³/mol. The molecule has 1 aromatic heterocycles. The van der Waals surface area contributed by atoms with Gasteiger partial charge < -0.3 is 5.32 Å². The zero-order chi connectivity index (χ0) is 24.9. The van der Waals surface area contributed by atoms with E-state index >= 15 is 0 Å². The quantitative estimate of drug-likeness (QED) is 0.206. The fraction of sp³-hybridized carbons (Fsp3) is 0.870. The van der Waals surface area contributed by atoms with Gasteiger partial charge >= 0.3 is 0 Å². The van der Waals surface area contributed by atoms with Crippen molar-refractivity contribution < 1.29 is 18.0 Å². The highest BCUT2D eigenvalue weighted by atomic mass is 32.2. The lowest BCUT2D eigenvalue weighted by Crippen LogP contribution is -2.33. The van der Waals surface area contributed by atoms with Crippen LogP contribution in [0.1, 0.15) is 115 Å². The van der Waals surface area contributed by atoms with Gasteiger partial charge in [0.05, 0.1) is 5.75 Å². The van der Waals surface area contributed by atoms with Crippen molar-refractivity contribution in [2.45, 2.75) is 116 Å². The Morgan fingerprint density at radius 1 is 0.765 bits per heavy atom. The fourth-order valence-electron chi connectivity index (χ4n) is 3.79. The van der Waals surface area contributed by atoms with E-state index in [4.69, 9.17) is 0 Å². The van der Waals surface area contributed by atoms with Crippen LogP contribution in [0.25, 0.3) is 0 Å². The van der Waals surface area contributed by atoms with E-state index in [-0.39, 0.29) is 30.9 Å². The summed E-state index contributed by atoms with van der Waals surface area (Å²) in [5.74, 6) is 0.0382. The molecule has 0 radical (unpaired) electrons. The monoisotopic (exact) mass is 500 g/mol. The first-order valence-electron chi connectivity index (χ1n) is 13.0. The number of H-pyrrole nitrogens is 1. The number of unbranched alkanes of at least 4 members (excludes halogenated alkanes) is 12. The van der Waals surface area contributed by atoms with Gasteiger partial charge in [0.15, 0.2) is 0 Å². The molecule has 0 atom stereocenters. The maximum absolute atomic E-state index is 11.9. The molecule has 3 N–H and O–H groups in total. The van der Waals surface area contributed by atoms with Crippen LogP contribution in [0.4, 0.5) is 0 Å². The topological polar surface area (TPSA) is 147 Å². The molecule has 0 aliphatic rings. The largest absolute Gasteiger partial charge is 0.356 e. The van der Waals surface area contributed by atoms with Crippen LogP contribution in [0, 0.1) is 0 Å². The van der Waals surface area contributed by atoms with E-state index < -0.39 is 15.9 Å². The van der Waals surface area contributed by atoms with E-state index in [1.165, 1.54) is 51.4 Å². The number of hydrogen-bond donors (Lipinski definition) is 3. The van der Waals surface area contributed by atoms with Crippen molar-refractivity contribution in [3.8, 4) is 0 Å². The van der Waals surface area contributed by atoms with E-state index in [0.29, 0.717) is 13.0 Å². The Balaban J connectivity index is 1.84. The average Bonchev–Trinajstić information content (AvgIpc) is 3.29. The van der Waals surface area contributed by atoms with E-state index in [0.717, 1.165) is 37.9 Å². The third kappa shape index (κ3) is 17.4. The van der Waals surface area contributed by atoms with E-state index in [9.17, 15) is 18.0 Å². The Morgan fingerprint density at radius 2 is 1.29 bits per heavy atom. The number of carbonyl (C=O) groups is 2. The summed E-state index contributed by atoms with van der Waals surface area (Å²) >= 11 is 0. The summed E-state index contributed by atoms with van der Waals surface area (Å²) in [5, 5.41) is 16.4. The molecular weight excluding hydrogens is 456 g/mol. The standard InChI is InChI=1S/C23H44N6O4S/c1-2-24-22(30)19-16-20-34(32,33)27-23(31)18-15-13-11-9-7-5-3-4-6-8-10-12-14-17-21-25-28-29-26-21/h2-20H2,1H3,(H,24,30)(H,27,31)(H,25,26,28,29). The molecule has 0 fully saturated rings. The number of sulfonamides is 1. The van der Waals surface area contributed by atoms with Gasteiger partial charge in [-0.3, -0.25) is 14.3 Å². The molecule has 11 heteroatoms. The maximum atomic E-state index is 11.9. The van der Waals surface area contributed by atoms with Crippen molar-refractivity contribution in [2.24, 2.45) is 0 Å². The third-order valence-electron chi connectivity index (χ3n) is 5.67. The first-order valence-corrected chi connectivity index (χ1v) is 14.6. The number of hydrogen-bond acceptors (Lipinski definition) is 7. The number of nitrogens with zero attached hydrogens (tertiary/aromatic N) is 3. The van der Waals surface area contributed by atoms with Crippen molar-refractivity contribution in [1.29, 1.82) is 0 Å². The lowest BCUT2D eigenvalue weighted by atomic mass is 10.0. The van der Waals surface area contributed by atoms with Crippen LogP contribution in [-0.4, -0.2) is 53.2 Å². The number of aromatic nitrogens is 4. The predicted octanol–water partition coefficient (Wildman–Crippen LogP) is 3.57. The summed E-state index contributed by atoms with van der Waals surface area (Å²) < 4.78 is 25.9. The van der Waals surface area contributed by atoms with Gasteiger partial charge in [-0.15, -0.1) is 5.10 Å². The molecule has 1 aromatic rings. The molecule has 0 unspecified atom stereocenters. The molecule has 0 bridgehead atoms. The molecule has 196 valence electrons. The van der Waals surface area contributed by atoms with Crippen LogP contribution in [0.3, 0.4) is 0 Å². The summed E-state index contributed by atoms with van der Waals surface area (Å²) in [7, 11) is -3.66. The molecule has 0 aromatic carbocycles. The lowest BCUT2D eigenvalue weighted by molar-refractivity contribution is -0.121. The van der Waals surface area contributed by atoms with Gasteiger partial charge in [0.1, 0.15) is 5.82 Å². The first kappa shape index (κ1) is 30.0. The second-order valence-electron chi connectivity index (χ2n) is 8.85. The molecule has 2 amide bonds. The minimum Gasteiger partial charge on any atom is -0.356 e. The van der Waals surface area contributed by atoms with E-state index in [1.54, 1.807) is 0 Å². The smallest absolute Gasteiger partial charge is 0.234 e. The minimum atomic E-state index is -3.66. The normalized spacial score (nSPS) is 11.4. The Kier molecular flexibility index (Phi) is 17.0. The Morgan fingerprint density at radius 3 is 1.82 bits per heavy atom. The molecule has 0 saturated heterocycles. The Hall–Kier alpha value is -2.04. The second-order valence-corrected chi connectivity index (χ2v) is 10.7. The van der Waals surface area contributed by atoms with Gasteiger partial charge in [0.2, 0.25) is 21.8 Å². The van der Waals surface area contributed by atoms with Gasteiger partial charge in [-0.05, 0) is 36.6 Å². The molecule has 0 saturated carbocycles. The average molecular weight is 501 g/mol. The third-order valence-corrected chi connectivity index (χ3v) is 7.03. The highest BCUT2D eigenvalue weighted by Gasteiger charge is 2.14. The summed E-state index contributed by atoms with van der Waals surface area (Å²) in [6.07, 6.45) is 16.7. The summed E-state index contributed by atoms with van der Waals surface area (Å²) in [6.45, 7) is 2.33. The van der Waals surface area contributed by atoms with Crippen molar-refractivity contribution in [1.82, 2.24) is 30.7 Å². The molecule has 10 nitrogen and oxygen atoms in total. The van der Waals surface area contributed by atoms with Crippen LogP contribution in [0.2, 0.25) is 0 Å². The summed E-state index contributed by atoms with van der Waals surface area (Å²) in [5.41, 5.74) is 0. The zero-order valence-corrected chi connectivity index (χ0v) is 21.6. The number of tetrazole rings is 1. The summed E-state index contributed by atoms with van der Waals surface area (Å²) in [6, 6.07) is 0. The van der Waals surface area contributed by atoms with Crippen LogP contribution in [-0.2, 0) is 26.0 Å². The molecule has 0 spiro atoms. The Bertz CT molecular complexity index is 756. The van der Waals surface area contributed by atoms with Crippen LogP contribution >= 0.6 is 0 Å². The van der Waals surface area contributed by atoms with Gasteiger partial charge in [-0.25, -0.2) is 13.5 Å². The maximum Gasteiger partial charge on any atom is 0.234 e. The minimum absolute atomic E-state index is 0.145. The van der Waals surface area contributed by atoms with Gasteiger partial charge in [-0.1, -0.05) is 70.6 Å². The molecule has 1 heterocycles. The zero-order valence-electron chi connectivity index (χ0n) is 20.8. The molecule has 0 aliphatic heterocycles. The number of amides is 2. The number of aromatic amines is 1. The second kappa shape index (κ2) is 19.3. The molecule has 0 aliphatic carbocycles.